The number of hydrogen-bond donors (Lipinski definition) is 1. The van der Waals surface area contributed by atoms with Crippen molar-refractivity contribution >= 4 is 40.6 Å². The van der Waals surface area contributed by atoms with E-state index in [2.05, 4.69) is 21.7 Å². The molecule has 212 valence electrons. The Morgan fingerprint density at radius 3 is 2.65 bits per heavy atom. The number of likely N-dealkylation sites (tertiary alicyclic amines) is 1. The SMILES string of the molecule is COc1ccccc1OCC1c2ccsc2CCN1C(=O)CN(CCN1CCCC1)C(=O)Nc1cccc(Cl)c1. The number of hydrogen-bond acceptors (Lipinski definition) is 6. The number of benzene rings is 2. The molecule has 10 heteroatoms. The summed E-state index contributed by atoms with van der Waals surface area (Å²) in [6.07, 6.45) is 3.11. The van der Waals surface area contributed by atoms with Crippen molar-refractivity contribution in [2.45, 2.75) is 25.3 Å². The number of nitrogens with zero attached hydrogens (tertiary/aromatic N) is 3. The van der Waals surface area contributed by atoms with Crippen LogP contribution < -0.4 is 14.8 Å². The molecule has 3 heterocycles. The number of anilines is 1. The number of thiophene rings is 1. The van der Waals surface area contributed by atoms with Gasteiger partial charge in [0, 0.05) is 35.2 Å². The molecule has 8 nitrogen and oxygen atoms in total. The molecule has 0 saturated carbocycles. The maximum Gasteiger partial charge on any atom is 0.322 e. The summed E-state index contributed by atoms with van der Waals surface area (Å²) in [4.78, 5) is 34.4. The maximum absolute atomic E-state index is 13.9. The monoisotopic (exact) mass is 582 g/mol. The van der Waals surface area contributed by atoms with Gasteiger partial charge in [0.1, 0.15) is 13.2 Å². The van der Waals surface area contributed by atoms with Gasteiger partial charge in [-0.15, -0.1) is 11.3 Å². The highest BCUT2D eigenvalue weighted by molar-refractivity contribution is 7.10. The van der Waals surface area contributed by atoms with Gasteiger partial charge in [-0.05, 0) is 79.7 Å². The van der Waals surface area contributed by atoms with Crippen molar-refractivity contribution in [3.05, 3.63) is 75.4 Å². The van der Waals surface area contributed by atoms with Crippen LogP contribution in [0.15, 0.2) is 60.0 Å². The molecular weight excluding hydrogens is 548 g/mol. The van der Waals surface area contributed by atoms with Gasteiger partial charge in [-0.25, -0.2) is 4.79 Å². The summed E-state index contributed by atoms with van der Waals surface area (Å²) in [5, 5.41) is 5.53. The van der Waals surface area contributed by atoms with Crippen molar-refractivity contribution < 1.29 is 19.1 Å². The molecule has 5 rings (SSSR count). The minimum absolute atomic E-state index is 0.0229. The van der Waals surface area contributed by atoms with Crippen LogP contribution in [0.1, 0.15) is 29.3 Å². The van der Waals surface area contributed by atoms with Crippen molar-refractivity contribution in [1.29, 1.82) is 0 Å². The minimum Gasteiger partial charge on any atom is -0.493 e. The third-order valence-corrected chi connectivity index (χ3v) is 8.69. The van der Waals surface area contributed by atoms with Crippen LogP contribution in [-0.4, -0.2) is 79.6 Å². The Kier molecular flexibility index (Phi) is 9.46. The second-order valence-electron chi connectivity index (χ2n) is 10.0. The number of halogens is 1. The molecule has 40 heavy (non-hydrogen) atoms. The van der Waals surface area contributed by atoms with Gasteiger partial charge in [0.25, 0.3) is 0 Å². The summed E-state index contributed by atoms with van der Waals surface area (Å²) in [6.45, 7) is 4.06. The second-order valence-corrected chi connectivity index (χ2v) is 11.5. The highest BCUT2D eigenvalue weighted by Gasteiger charge is 2.34. The van der Waals surface area contributed by atoms with E-state index in [4.69, 9.17) is 21.1 Å². The lowest BCUT2D eigenvalue weighted by atomic mass is 10.0. The summed E-state index contributed by atoms with van der Waals surface area (Å²) in [7, 11) is 1.61. The highest BCUT2D eigenvalue weighted by atomic mass is 35.5. The normalized spacial score (nSPS) is 16.9. The number of nitrogens with one attached hydrogen (secondary N) is 1. The van der Waals surface area contributed by atoms with Crippen molar-refractivity contribution in [2.24, 2.45) is 0 Å². The predicted molar refractivity (Wildman–Crippen MR) is 159 cm³/mol. The maximum atomic E-state index is 13.9. The van der Waals surface area contributed by atoms with Gasteiger partial charge in [-0.1, -0.05) is 29.8 Å². The van der Waals surface area contributed by atoms with Crippen LogP contribution in [0.25, 0.3) is 0 Å². The second kappa shape index (κ2) is 13.4. The Balaban J connectivity index is 1.32. The number of methoxy groups -OCH3 is 1. The molecule has 0 bridgehead atoms. The summed E-state index contributed by atoms with van der Waals surface area (Å²) < 4.78 is 11.7. The molecule has 1 saturated heterocycles. The molecule has 0 aliphatic carbocycles. The summed E-state index contributed by atoms with van der Waals surface area (Å²) in [5.74, 6) is 1.17. The quantitative estimate of drug-likeness (QED) is 0.339. The van der Waals surface area contributed by atoms with Gasteiger partial charge in [0.15, 0.2) is 11.5 Å². The number of ether oxygens (including phenoxy) is 2. The van der Waals surface area contributed by atoms with Gasteiger partial charge in [0.05, 0.1) is 13.2 Å². The fraction of sp³-hybridized carbons (Fsp3) is 0.400. The first-order valence-electron chi connectivity index (χ1n) is 13.7. The molecule has 1 atom stereocenters. The summed E-state index contributed by atoms with van der Waals surface area (Å²) in [6, 6.07) is 16.0. The topological polar surface area (TPSA) is 74.4 Å². The first-order valence-corrected chi connectivity index (χ1v) is 14.9. The molecule has 0 spiro atoms. The van der Waals surface area contributed by atoms with Crippen molar-refractivity contribution in [3.63, 3.8) is 0 Å². The number of fused-ring (bicyclic) bond motifs is 1. The Labute approximate surface area is 244 Å². The molecule has 2 aliphatic rings. The summed E-state index contributed by atoms with van der Waals surface area (Å²) in [5.41, 5.74) is 1.70. The first-order chi connectivity index (χ1) is 19.5. The molecule has 0 radical (unpaired) electrons. The van der Waals surface area contributed by atoms with Crippen LogP contribution in [-0.2, 0) is 11.2 Å². The average Bonchev–Trinajstić information content (AvgIpc) is 3.66. The van der Waals surface area contributed by atoms with E-state index in [0.29, 0.717) is 41.9 Å². The minimum atomic E-state index is -0.315. The van der Waals surface area contributed by atoms with Gasteiger partial charge < -0.3 is 29.5 Å². The van der Waals surface area contributed by atoms with Gasteiger partial charge in [-0.3, -0.25) is 4.79 Å². The molecular formula is C30H35ClN4O4S. The van der Waals surface area contributed by atoms with E-state index in [1.54, 1.807) is 47.6 Å². The lowest BCUT2D eigenvalue weighted by molar-refractivity contribution is -0.135. The molecule has 2 aliphatic heterocycles. The van der Waals surface area contributed by atoms with Crippen molar-refractivity contribution in [2.75, 3.05) is 58.3 Å². The van der Waals surface area contributed by atoms with Crippen LogP contribution in [0, 0.1) is 0 Å². The Hall–Kier alpha value is -3.27. The van der Waals surface area contributed by atoms with Crippen LogP contribution in [0.2, 0.25) is 5.02 Å². The third kappa shape index (κ3) is 6.89. The first kappa shape index (κ1) is 28.3. The molecule has 1 aromatic heterocycles. The number of amides is 3. The van der Waals surface area contributed by atoms with E-state index in [-0.39, 0.29) is 24.5 Å². The van der Waals surface area contributed by atoms with E-state index < -0.39 is 0 Å². The Morgan fingerprint density at radius 1 is 1.07 bits per heavy atom. The lowest BCUT2D eigenvalue weighted by Crippen LogP contribution is -2.50. The van der Waals surface area contributed by atoms with Gasteiger partial charge in [-0.2, -0.15) is 0 Å². The van der Waals surface area contributed by atoms with Crippen LogP contribution in [0.4, 0.5) is 10.5 Å². The van der Waals surface area contributed by atoms with E-state index in [1.165, 1.54) is 4.88 Å². The predicted octanol–water partition coefficient (Wildman–Crippen LogP) is 5.54. The van der Waals surface area contributed by atoms with E-state index in [1.807, 2.05) is 29.2 Å². The fourth-order valence-electron chi connectivity index (χ4n) is 5.32. The van der Waals surface area contributed by atoms with Crippen molar-refractivity contribution in [1.82, 2.24) is 14.7 Å². The molecule has 1 N–H and O–H groups in total. The van der Waals surface area contributed by atoms with E-state index >= 15 is 0 Å². The van der Waals surface area contributed by atoms with Gasteiger partial charge >= 0.3 is 6.03 Å². The third-order valence-electron chi connectivity index (χ3n) is 7.46. The van der Waals surface area contributed by atoms with Crippen LogP contribution in [0.5, 0.6) is 11.5 Å². The highest BCUT2D eigenvalue weighted by Crippen LogP contribution is 2.35. The largest absolute Gasteiger partial charge is 0.493 e. The fourth-order valence-corrected chi connectivity index (χ4v) is 6.44. The Morgan fingerprint density at radius 2 is 1.88 bits per heavy atom. The summed E-state index contributed by atoms with van der Waals surface area (Å²) >= 11 is 7.84. The number of carbonyl (C=O) groups excluding carboxylic acids is 2. The van der Waals surface area contributed by atoms with Gasteiger partial charge in [0.2, 0.25) is 5.91 Å². The van der Waals surface area contributed by atoms with Crippen LogP contribution in [0.3, 0.4) is 0 Å². The van der Waals surface area contributed by atoms with Crippen molar-refractivity contribution in [3.8, 4) is 11.5 Å². The number of rotatable bonds is 10. The molecule has 3 amide bonds. The number of para-hydroxylation sites is 2. The number of carbonyl (C=O) groups is 2. The zero-order valence-corrected chi connectivity index (χ0v) is 24.3. The Bertz CT molecular complexity index is 1310. The average molecular weight is 583 g/mol. The smallest absolute Gasteiger partial charge is 0.322 e. The standard InChI is InChI=1S/C30H35ClN4O4S/c1-38-26-9-2-3-10-27(26)39-21-25-24-12-18-40-28(24)11-15-35(25)29(36)20-34(17-16-33-13-4-5-14-33)30(37)32-23-8-6-7-22(31)19-23/h2-3,6-10,12,18-19,25H,4-5,11,13-17,20-21H2,1H3,(H,32,37). The molecule has 3 aromatic rings. The lowest BCUT2D eigenvalue weighted by Gasteiger charge is -2.37. The van der Waals surface area contributed by atoms with Crippen LogP contribution >= 0.6 is 22.9 Å². The zero-order valence-electron chi connectivity index (χ0n) is 22.7. The zero-order chi connectivity index (χ0) is 27.9. The molecule has 1 unspecified atom stereocenters. The van der Waals surface area contributed by atoms with E-state index in [0.717, 1.165) is 44.5 Å². The molecule has 2 aromatic carbocycles. The number of urea groups is 1. The molecule has 1 fully saturated rings. The van der Waals surface area contributed by atoms with E-state index in [9.17, 15) is 9.59 Å².